The number of amides is 1. The number of nitrogens with one attached hydrogen (secondary N) is 2. The summed E-state index contributed by atoms with van der Waals surface area (Å²) in [6.45, 7) is 0. The van der Waals surface area contributed by atoms with Crippen LogP contribution in [0.4, 0.5) is 4.39 Å². The van der Waals surface area contributed by atoms with Gasteiger partial charge in [0.1, 0.15) is 10.7 Å². The highest BCUT2D eigenvalue weighted by atomic mass is 32.2. The van der Waals surface area contributed by atoms with Gasteiger partial charge < -0.3 is 9.47 Å². The largest absolute Gasteiger partial charge is 0.493 e. The number of benzene rings is 2. The Labute approximate surface area is 138 Å². The van der Waals surface area contributed by atoms with Crippen LogP contribution in [0, 0.1) is 5.82 Å². The van der Waals surface area contributed by atoms with Gasteiger partial charge >= 0.3 is 0 Å². The molecule has 0 saturated carbocycles. The predicted molar refractivity (Wildman–Crippen MR) is 83.7 cm³/mol. The van der Waals surface area contributed by atoms with Crippen LogP contribution in [0.2, 0.25) is 0 Å². The van der Waals surface area contributed by atoms with E-state index in [1.54, 1.807) is 0 Å². The Kier molecular flexibility index (Phi) is 5.37. The number of methoxy groups -OCH3 is 2. The van der Waals surface area contributed by atoms with Crippen molar-refractivity contribution in [2.75, 3.05) is 14.2 Å². The second-order valence-electron chi connectivity index (χ2n) is 4.56. The zero-order valence-electron chi connectivity index (χ0n) is 12.9. The molecule has 0 fully saturated rings. The quantitative estimate of drug-likeness (QED) is 0.766. The van der Waals surface area contributed by atoms with Gasteiger partial charge in [-0.2, -0.15) is 0 Å². The van der Waals surface area contributed by atoms with E-state index in [4.69, 9.17) is 9.47 Å². The molecule has 0 aliphatic carbocycles. The molecule has 24 heavy (non-hydrogen) atoms. The van der Waals surface area contributed by atoms with Crippen LogP contribution < -0.4 is 19.7 Å². The molecule has 0 spiro atoms. The van der Waals surface area contributed by atoms with Crippen LogP contribution in [0.3, 0.4) is 0 Å². The molecule has 0 saturated heterocycles. The van der Waals surface area contributed by atoms with Crippen LogP contribution >= 0.6 is 0 Å². The molecule has 2 N–H and O–H groups in total. The summed E-state index contributed by atoms with van der Waals surface area (Å²) in [4.78, 5) is 13.3. The third-order valence-electron chi connectivity index (χ3n) is 3.07. The molecule has 2 aromatic carbocycles. The molecular weight excluding hydrogens is 339 g/mol. The molecule has 7 nitrogen and oxygen atoms in total. The number of carbonyl (C=O) groups excluding carboxylic acids is 1. The highest BCUT2D eigenvalue weighted by molar-refractivity contribution is 7.89. The zero-order valence-corrected chi connectivity index (χ0v) is 13.7. The minimum absolute atomic E-state index is 0.129. The maximum atomic E-state index is 13.6. The van der Waals surface area contributed by atoms with Crippen molar-refractivity contribution in [2.45, 2.75) is 4.90 Å². The number of ether oxygens (including phenoxy) is 2. The van der Waals surface area contributed by atoms with Crippen molar-refractivity contribution in [3.63, 3.8) is 0 Å². The van der Waals surface area contributed by atoms with Gasteiger partial charge in [0.15, 0.2) is 11.5 Å². The van der Waals surface area contributed by atoms with Crippen LogP contribution in [0.1, 0.15) is 10.4 Å². The second kappa shape index (κ2) is 7.28. The number of sulfonamides is 1. The average molecular weight is 354 g/mol. The minimum Gasteiger partial charge on any atom is -0.493 e. The molecule has 0 radical (unpaired) electrons. The molecular formula is C15H15FN2O5S. The lowest BCUT2D eigenvalue weighted by atomic mass is 10.2. The Morgan fingerprint density at radius 2 is 1.71 bits per heavy atom. The van der Waals surface area contributed by atoms with Crippen molar-refractivity contribution in [1.82, 2.24) is 10.3 Å². The lowest BCUT2D eigenvalue weighted by Crippen LogP contribution is -2.41. The van der Waals surface area contributed by atoms with Crippen LogP contribution in [0.5, 0.6) is 11.5 Å². The van der Waals surface area contributed by atoms with Crippen LogP contribution in [-0.4, -0.2) is 28.5 Å². The van der Waals surface area contributed by atoms with Gasteiger partial charge in [0.05, 0.1) is 14.2 Å². The third kappa shape index (κ3) is 3.81. The summed E-state index contributed by atoms with van der Waals surface area (Å²) in [6, 6.07) is 9.12. The summed E-state index contributed by atoms with van der Waals surface area (Å²) in [5.74, 6) is -0.940. The Morgan fingerprint density at radius 3 is 2.33 bits per heavy atom. The first-order valence-electron chi connectivity index (χ1n) is 6.67. The van der Waals surface area contributed by atoms with Crippen molar-refractivity contribution < 1.29 is 27.1 Å². The molecule has 0 heterocycles. The number of carbonyl (C=O) groups is 1. The van der Waals surface area contributed by atoms with E-state index in [-0.39, 0.29) is 5.56 Å². The van der Waals surface area contributed by atoms with Gasteiger partial charge in [-0.05, 0) is 30.3 Å². The molecule has 2 aromatic rings. The molecule has 128 valence electrons. The van der Waals surface area contributed by atoms with E-state index in [0.29, 0.717) is 11.5 Å². The van der Waals surface area contributed by atoms with Crippen molar-refractivity contribution in [1.29, 1.82) is 0 Å². The fourth-order valence-corrected chi connectivity index (χ4v) is 2.80. The highest BCUT2D eigenvalue weighted by Crippen LogP contribution is 2.27. The standard InChI is InChI=1S/C15H15FN2O5S/c1-22-12-8-7-10(9-13(12)23-2)15(19)17-18-24(20,21)14-6-4-3-5-11(14)16/h3-9,18H,1-2H3,(H,17,19). The summed E-state index contributed by atoms with van der Waals surface area (Å²) in [5.41, 5.74) is 2.14. The van der Waals surface area contributed by atoms with E-state index in [0.717, 1.165) is 12.1 Å². The van der Waals surface area contributed by atoms with Gasteiger partial charge in [-0.1, -0.05) is 12.1 Å². The van der Waals surface area contributed by atoms with E-state index in [2.05, 4.69) is 0 Å². The summed E-state index contributed by atoms with van der Waals surface area (Å²) in [6.07, 6.45) is 0. The van der Waals surface area contributed by atoms with Gasteiger partial charge in [-0.25, -0.2) is 12.8 Å². The Bertz CT molecular complexity index is 855. The van der Waals surface area contributed by atoms with Crippen LogP contribution in [0.25, 0.3) is 0 Å². The first kappa shape index (κ1) is 17.7. The molecule has 0 bridgehead atoms. The first-order chi connectivity index (χ1) is 11.4. The van der Waals surface area contributed by atoms with E-state index >= 15 is 0 Å². The number of hydrogen-bond acceptors (Lipinski definition) is 5. The van der Waals surface area contributed by atoms with Crippen molar-refractivity contribution >= 4 is 15.9 Å². The van der Waals surface area contributed by atoms with Gasteiger partial charge in [-0.3, -0.25) is 10.2 Å². The van der Waals surface area contributed by atoms with E-state index < -0.39 is 26.6 Å². The van der Waals surface area contributed by atoms with Gasteiger partial charge in [0.2, 0.25) is 0 Å². The van der Waals surface area contributed by atoms with Gasteiger partial charge in [0.25, 0.3) is 15.9 Å². The topological polar surface area (TPSA) is 93.7 Å². The van der Waals surface area contributed by atoms with Crippen molar-refractivity contribution in [2.24, 2.45) is 0 Å². The SMILES string of the molecule is COc1ccc(C(=O)NNS(=O)(=O)c2ccccc2F)cc1OC. The van der Waals surface area contributed by atoms with E-state index in [1.807, 2.05) is 10.3 Å². The lowest BCUT2D eigenvalue weighted by Gasteiger charge is -2.11. The monoisotopic (exact) mass is 354 g/mol. The van der Waals surface area contributed by atoms with Crippen molar-refractivity contribution in [3.8, 4) is 11.5 Å². The smallest absolute Gasteiger partial charge is 0.266 e. The van der Waals surface area contributed by atoms with Crippen molar-refractivity contribution in [3.05, 3.63) is 53.8 Å². The summed E-state index contributed by atoms with van der Waals surface area (Å²) >= 11 is 0. The molecule has 0 aromatic heterocycles. The molecule has 1 amide bonds. The summed E-state index contributed by atoms with van der Waals surface area (Å²) in [7, 11) is -1.39. The molecule has 0 aliphatic heterocycles. The zero-order chi connectivity index (χ0) is 17.7. The van der Waals surface area contributed by atoms with Gasteiger partial charge in [0, 0.05) is 5.56 Å². The normalized spacial score (nSPS) is 11.0. The first-order valence-corrected chi connectivity index (χ1v) is 8.16. The maximum absolute atomic E-state index is 13.6. The molecule has 0 aliphatic rings. The summed E-state index contributed by atoms with van der Waals surface area (Å²) < 4.78 is 47.7. The number of hydrazine groups is 1. The highest BCUT2D eigenvalue weighted by Gasteiger charge is 2.20. The number of halogens is 1. The number of rotatable bonds is 6. The molecule has 0 unspecified atom stereocenters. The minimum atomic E-state index is -4.24. The van der Waals surface area contributed by atoms with E-state index in [1.165, 1.54) is 44.6 Å². The molecule has 9 heteroatoms. The Morgan fingerprint density at radius 1 is 1.04 bits per heavy atom. The van der Waals surface area contributed by atoms with E-state index in [9.17, 15) is 17.6 Å². The average Bonchev–Trinajstić information content (AvgIpc) is 2.59. The number of hydrogen-bond donors (Lipinski definition) is 2. The summed E-state index contributed by atoms with van der Waals surface area (Å²) in [5, 5.41) is 0. The Hall–Kier alpha value is -2.65. The predicted octanol–water partition coefficient (Wildman–Crippen LogP) is 1.47. The Balaban J connectivity index is 2.15. The van der Waals surface area contributed by atoms with Crippen LogP contribution in [0.15, 0.2) is 47.4 Å². The third-order valence-corrected chi connectivity index (χ3v) is 4.35. The second-order valence-corrected chi connectivity index (χ2v) is 6.21. The van der Waals surface area contributed by atoms with Gasteiger partial charge in [-0.15, -0.1) is 4.83 Å². The molecule has 0 atom stereocenters. The lowest BCUT2D eigenvalue weighted by molar-refractivity contribution is 0.0944. The van der Waals surface area contributed by atoms with Crippen LogP contribution in [-0.2, 0) is 10.0 Å². The maximum Gasteiger partial charge on any atom is 0.266 e. The molecule has 2 rings (SSSR count). The fourth-order valence-electron chi connectivity index (χ4n) is 1.88. The fraction of sp³-hybridized carbons (Fsp3) is 0.133.